The van der Waals surface area contributed by atoms with Gasteiger partial charge in [-0.1, -0.05) is 19.3 Å². The summed E-state index contributed by atoms with van der Waals surface area (Å²) in [5.41, 5.74) is -0.587. The Kier molecular flexibility index (Phi) is 4.37. The van der Waals surface area contributed by atoms with Crippen LogP contribution in [0.2, 0.25) is 0 Å². The molecular formula is C12H22NO4+. The number of amides is 1. The van der Waals surface area contributed by atoms with Crippen molar-refractivity contribution in [3.63, 3.8) is 0 Å². The summed E-state index contributed by atoms with van der Waals surface area (Å²) in [5.74, 6) is -0.285. The normalized spacial score (nSPS) is 18.1. The summed E-state index contributed by atoms with van der Waals surface area (Å²) in [5, 5.41) is 11.6. The minimum atomic E-state index is -0.747. The number of carbonyl (C=O) groups is 1. The van der Waals surface area contributed by atoms with Crippen molar-refractivity contribution >= 4 is 12.1 Å². The summed E-state index contributed by atoms with van der Waals surface area (Å²) in [6.45, 7) is 5.28. The third kappa shape index (κ3) is 5.06. The average molecular weight is 244 g/mol. The van der Waals surface area contributed by atoms with Crippen LogP contribution in [0.15, 0.2) is 0 Å². The Labute approximate surface area is 102 Å². The highest BCUT2D eigenvalue weighted by molar-refractivity contribution is 5.80. The zero-order valence-corrected chi connectivity index (χ0v) is 10.7. The highest BCUT2D eigenvalue weighted by atomic mass is 16.6. The van der Waals surface area contributed by atoms with Crippen LogP contribution in [0.3, 0.4) is 0 Å². The van der Waals surface area contributed by atoms with Gasteiger partial charge in [0.1, 0.15) is 5.60 Å². The molecule has 1 atom stereocenters. The van der Waals surface area contributed by atoms with Gasteiger partial charge >= 0.3 is 12.1 Å². The number of nitrogens with one attached hydrogen (secondary N) is 1. The van der Waals surface area contributed by atoms with E-state index in [0.717, 1.165) is 12.8 Å². The number of ether oxygens (including phenoxy) is 1. The molecule has 1 aliphatic carbocycles. The number of hydrogen-bond acceptors (Lipinski definition) is 2. The first-order chi connectivity index (χ1) is 7.78. The summed E-state index contributed by atoms with van der Waals surface area (Å²) in [6.07, 6.45) is 3.28. The van der Waals surface area contributed by atoms with Gasteiger partial charge in [0, 0.05) is 0 Å². The lowest BCUT2D eigenvalue weighted by Gasteiger charge is -2.27. The van der Waals surface area contributed by atoms with Gasteiger partial charge in [0.05, 0.1) is 0 Å². The van der Waals surface area contributed by atoms with Gasteiger partial charge in [-0.05, 0) is 33.1 Å². The Balaban J connectivity index is 2.42. The molecule has 5 nitrogen and oxygen atoms in total. The highest BCUT2D eigenvalue weighted by Crippen LogP contribution is 2.30. The number of alkyl carbamates (subject to hydrolysis) is 1. The molecule has 98 valence electrons. The number of carboxylic acid groups (broad SMARTS) is 1. The van der Waals surface area contributed by atoms with Gasteiger partial charge in [-0.2, -0.15) is 0 Å². The largest absolute Gasteiger partial charge is 0.504 e. The fourth-order valence-electron chi connectivity index (χ4n) is 1.74. The number of aliphatic hydroxyl groups excluding tert-OH is 1. The molecule has 3 N–H and O–H groups in total. The van der Waals surface area contributed by atoms with Gasteiger partial charge in [-0.3, -0.25) is 0 Å². The quantitative estimate of drug-likeness (QED) is 0.743. The van der Waals surface area contributed by atoms with Crippen LogP contribution in [0.4, 0.5) is 4.79 Å². The molecule has 5 heteroatoms. The maximum absolute atomic E-state index is 11.5. The fraction of sp³-hybridized carbons (Fsp3) is 0.833. The van der Waals surface area contributed by atoms with Crippen molar-refractivity contribution in [1.82, 2.24) is 5.32 Å². The smallest absolute Gasteiger partial charge is 0.444 e. The molecule has 0 aromatic carbocycles. The number of carbonyl (C=O) groups excluding carboxylic acids is 1. The van der Waals surface area contributed by atoms with Gasteiger partial charge in [-0.25, -0.2) is 4.79 Å². The molecule has 0 radical (unpaired) electrons. The molecule has 1 fully saturated rings. The predicted molar refractivity (Wildman–Crippen MR) is 64.7 cm³/mol. The second-order valence-electron chi connectivity index (χ2n) is 5.59. The standard InChI is InChI=1S/C12H21NO4/c1-12(2,3)17-11(16)13-9(10(14)15)7-8-5-4-6-8/h8-9H,4-7H2,1-3H3,(H,13,16)(H,14,15)/p+1. The maximum Gasteiger partial charge on any atom is 0.504 e. The first kappa shape index (κ1) is 13.8. The summed E-state index contributed by atoms with van der Waals surface area (Å²) >= 11 is 0. The molecule has 0 heterocycles. The van der Waals surface area contributed by atoms with Crippen molar-refractivity contribution < 1.29 is 19.4 Å². The van der Waals surface area contributed by atoms with Crippen molar-refractivity contribution in [3.8, 4) is 0 Å². The van der Waals surface area contributed by atoms with E-state index in [1.807, 2.05) is 0 Å². The van der Waals surface area contributed by atoms with Crippen LogP contribution in [0.1, 0.15) is 46.5 Å². The second kappa shape index (κ2) is 5.38. The Morgan fingerprint density at radius 1 is 1.53 bits per heavy atom. The minimum absolute atomic E-state index is 0.462. The number of rotatable bonds is 4. The molecule has 17 heavy (non-hydrogen) atoms. The van der Waals surface area contributed by atoms with Crippen LogP contribution in [-0.2, 0) is 4.74 Å². The Bertz CT molecular complexity index is 291. The minimum Gasteiger partial charge on any atom is -0.444 e. The molecule has 0 aromatic rings. The maximum atomic E-state index is 11.5. The van der Waals surface area contributed by atoms with E-state index in [-0.39, 0.29) is 0 Å². The Morgan fingerprint density at radius 3 is 2.47 bits per heavy atom. The van der Waals surface area contributed by atoms with E-state index in [1.165, 1.54) is 6.42 Å². The highest BCUT2D eigenvalue weighted by Gasteiger charge is 2.32. The average Bonchev–Trinajstić information content (AvgIpc) is 2.05. The van der Waals surface area contributed by atoms with Crippen LogP contribution in [0.5, 0.6) is 0 Å². The fourth-order valence-corrected chi connectivity index (χ4v) is 1.74. The van der Waals surface area contributed by atoms with E-state index in [1.54, 1.807) is 20.8 Å². The number of hydrogen-bond donors (Lipinski definition) is 2. The van der Waals surface area contributed by atoms with Crippen LogP contribution in [0, 0.1) is 5.92 Å². The zero-order chi connectivity index (χ0) is 13.1. The molecule has 0 bridgehead atoms. The summed E-state index contributed by atoms with van der Waals surface area (Å²) < 4.78 is 5.07. The van der Waals surface area contributed by atoms with Crippen molar-refractivity contribution in [2.45, 2.75) is 58.1 Å². The third-order valence-electron chi connectivity index (χ3n) is 2.80. The van der Waals surface area contributed by atoms with Crippen molar-refractivity contribution in [1.29, 1.82) is 0 Å². The lowest BCUT2D eigenvalue weighted by atomic mass is 9.81. The third-order valence-corrected chi connectivity index (χ3v) is 2.80. The lowest BCUT2D eigenvalue weighted by molar-refractivity contribution is 0.0502. The lowest BCUT2D eigenvalue weighted by Crippen LogP contribution is -2.45. The number of aliphatic carboxylic acids is 1. The molecule has 0 spiro atoms. The molecule has 1 aliphatic rings. The van der Waals surface area contributed by atoms with Crippen LogP contribution in [-0.4, -0.2) is 33.6 Å². The van der Waals surface area contributed by atoms with Crippen molar-refractivity contribution in [3.05, 3.63) is 0 Å². The molecule has 0 aliphatic heterocycles. The predicted octanol–water partition coefficient (Wildman–Crippen LogP) is 2.13. The van der Waals surface area contributed by atoms with E-state index >= 15 is 0 Å². The van der Waals surface area contributed by atoms with Crippen molar-refractivity contribution in [2.75, 3.05) is 0 Å². The molecule has 1 amide bonds. The van der Waals surface area contributed by atoms with E-state index in [0.29, 0.717) is 12.3 Å². The van der Waals surface area contributed by atoms with Gasteiger partial charge < -0.3 is 20.0 Å². The van der Waals surface area contributed by atoms with Crippen LogP contribution >= 0.6 is 0 Å². The molecule has 0 saturated heterocycles. The monoisotopic (exact) mass is 244 g/mol. The van der Waals surface area contributed by atoms with Gasteiger partial charge in [0.15, 0.2) is 6.04 Å². The van der Waals surface area contributed by atoms with Crippen LogP contribution < -0.4 is 5.32 Å². The number of carboxylic acids is 1. The van der Waals surface area contributed by atoms with Gasteiger partial charge in [-0.15, -0.1) is 0 Å². The Hall–Kier alpha value is -1.26. The van der Waals surface area contributed by atoms with Gasteiger partial charge in [0.2, 0.25) is 0 Å². The van der Waals surface area contributed by atoms with E-state index in [9.17, 15) is 4.79 Å². The first-order valence-electron chi connectivity index (χ1n) is 6.02. The topological polar surface area (TPSA) is 80.0 Å². The Morgan fingerprint density at radius 2 is 2.12 bits per heavy atom. The molecule has 1 saturated carbocycles. The molecule has 1 unspecified atom stereocenters. The summed E-state index contributed by atoms with van der Waals surface area (Å²) in [7, 11) is 0. The summed E-state index contributed by atoms with van der Waals surface area (Å²) in [4.78, 5) is 20.6. The summed E-state index contributed by atoms with van der Waals surface area (Å²) in [6, 6.07) is -0.727. The first-order valence-corrected chi connectivity index (χ1v) is 6.02. The second-order valence-corrected chi connectivity index (χ2v) is 5.59. The SMILES string of the molecule is CC(C)(C)OC(=O)NC(CC1CCC1)C(O)=[OH+]. The van der Waals surface area contributed by atoms with Gasteiger partial charge in [0.25, 0.3) is 0 Å². The van der Waals surface area contributed by atoms with Crippen LogP contribution in [0.25, 0.3) is 0 Å². The van der Waals surface area contributed by atoms with E-state index < -0.39 is 23.7 Å². The molecular weight excluding hydrogens is 222 g/mol. The molecule has 0 aromatic heterocycles. The van der Waals surface area contributed by atoms with Crippen molar-refractivity contribution in [2.24, 2.45) is 5.92 Å². The van der Waals surface area contributed by atoms with E-state index in [2.05, 4.69) is 5.32 Å². The zero-order valence-electron chi connectivity index (χ0n) is 10.7. The van der Waals surface area contributed by atoms with E-state index in [4.69, 9.17) is 14.6 Å². The molecule has 1 rings (SSSR count).